The number of hydrogen-bond acceptors (Lipinski definition) is 7. The van der Waals surface area contributed by atoms with Crippen molar-refractivity contribution in [3.63, 3.8) is 0 Å². The molecule has 2 atom stereocenters. The predicted octanol–water partition coefficient (Wildman–Crippen LogP) is 4.26. The first-order valence-corrected chi connectivity index (χ1v) is 11.1. The number of benzene rings is 2. The summed E-state index contributed by atoms with van der Waals surface area (Å²) in [5.74, 6) is 0.217. The van der Waals surface area contributed by atoms with Crippen molar-refractivity contribution in [1.82, 2.24) is 15.5 Å². The predicted molar refractivity (Wildman–Crippen MR) is 127 cm³/mol. The van der Waals surface area contributed by atoms with Crippen LogP contribution in [0.15, 0.2) is 48.5 Å². The lowest BCUT2D eigenvalue weighted by molar-refractivity contribution is -0.119. The molecule has 0 fully saturated rings. The Morgan fingerprint density at radius 2 is 1.91 bits per heavy atom. The summed E-state index contributed by atoms with van der Waals surface area (Å²) in [6.45, 7) is 3.82. The van der Waals surface area contributed by atoms with E-state index in [1.54, 1.807) is 31.4 Å². The molecule has 0 saturated heterocycles. The quantitative estimate of drug-likeness (QED) is 0.457. The van der Waals surface area contributed by atoms with Gasteiger partial charge in [-0.25, -0.2) is 4.79 Å². The Bertz CT molecular complexity index is 1160. The van der Waals surface area contributed by atoms with Crippen molar-refractivity contribution in [3.8, 4) is 22.4 Å². The number of nitrogens with zero attached hydrogens (tertiary/aromatic N) is 3. The summed E-state index contributed by atoms with van der Waals surface area (Å²) in [7, 11) is 1.60. The van der Waals surface area contributed by atoms with Gasteiger partial charge < -0.3 is 15.4 Å². The van der Waals surface area contributed by atoms with Crippen LogP contribution in [0.5, 0.6) is 5.75 Å². The zero-order chi connectivity index (χ0) is 23.8. The van der Waals surface area contributed by atoms with Gasteiger partial charge in [0.2, 0.25) is 11.0 Å². The average Bonchev–Trinajstić information content (AvgIpc) is 3.30. The summed E-state index contributed by atoms with van der Waals surface area (Å²) >= 11 is 1.24. The van der Waals surface area contributed by atoms with Gasteiger partial charge in [0.25, 0.3) is 0 Å². The molecule has 3 N–H and O–H groups in total. The van der Waals surface area contributed by atoms with Crippen molar-refractivity contribution in [3.05, 3.63) is 54.1 Å². The van der Waals surface area contributed by atoms with Crippen molar-refractivity contribution in [2.24, 2.45) is 5.92 Å². The molecule has 0 aliphatic carbocycles. The number of ether oxygens (including phenoxy) is 1. The molecule has 170 valence electrons. The number of nitriles is 1. The molecule has 33 heavy (non-hydrogen) atoms. The maximum atomic E-state index is 13.0. The van der Waals surface area contributed by atoms with Crippen molar-refractivity contribution in [2.45, 2.75) is 26.3 Å². The van der Waals surface area contributed by atoms with Crippen molar-refractivity contribution in [2.75, 3.05) is 17.7 Å². The molecule has 0 bridgehead atoms. The molecule has 0 aliphatic heterocycles. The van der Waals surface area contributed by atoms with Crippen molar-refractivity contribution >= 4 is 34.1 Å². The first-order chi connectivity index (χ1) is 15.9. The maximum absolute atomic E-state index is 13.0. The van der Waals surface area contributed by atoms with Gasteiger partial charge in [0, 0.05) is 11.3 Å². The van der Waals surface area contributed by atoms with Crippen LogP contribution < -0.4 is 20.7 Å². The Hall–Kier alpha value is -3.97. The fraction of sp³-hybridized carbons (Fsp3) is 0.261. The van der Waals surface area contributed by atoms with Gasteiger partial charge in [0.1, 0.15) is 16.8 Å². The molecule has 9 nitrogen and oxygen atoms in total. The summed E-state index contributed by atoms with van der Waals surface area (Å²) in [6, 6.07) is 14.6. The standard InChI is InChI=1S/C23H24N6O3S/c1-4-14(2)19(26-22(31)25-17-7-5-6-15(12-17)13-24)20(30)27-23-29-28-21(33-23)16-8-10-18(32-3)11-9-16/h5-12,14,19H,4H2,1-3H3,(H2,25,26,31)(H,27,29,30)/t14-,19-/m0/s1. The fourth-order valence-electron chi connectivity index (χ4n) is 2.98. The van der Waals surface area contributed by atoms with Crippen LogP contribution in [0.1, 0.15) is 25.8 Å². The van der Waals surface area contributed by atoms with E-state index in [0.29, 0.717) is 27.8 Å². The second-order valence-electron chi connectivity index (χ2n) is 7.28. The molecule has 0 unspecified atom stereocenters. The molecular formula is C23H24N6O3S. The summed E-state index contributed by atoms with van der Waals surface area (Å²) in [6.07, 6.45) is 0.676. The Morgan fingerprint density at radius 1 is 1.15 bits per heavy atom. The van der Waals surface area contributed by atoms with Crippen LogP contribution in [-0.4, -0.2) is 35.3 Å². The van der Waals surface area contributed by atoms with Crippen LogP contribution in [0.3, 0.4) is 0 Å². The van der Waals surface area contributed by atoms with E-state index in [1.165, 1.54) is 11.3 Å². The van der Waals surface area contributed by atoms with Crippen LogP contribution in [0, 0.1) is 17.2 Å². The number of anilines is 2. The molecular weight excluding hydrogens is 440 g/mol. The molecule has 3 aromatic rings. The van der Waals surface area contributed by atoms with Gasteiger partial charge >= 0.3 is 6.03 Å². The van der Waals surface area contributed by atoms with Crippen LogP contribution in [0.2, 0.25) is 0 Å². The Labute approximate surface area is 195 Å². The number of carbonyl (C=O) groups excluding carboxylic acids is 2. The van der Waals surface area contributed by atoms with Gasteiger partial charge in [-0.05, 0) is 48.4 Å². The van der Waals surface area contributed by atoms with Gasteiger partial charge in [0.15, 0.2) is 0 Å². The van der Waals surface area contributed by atoms with Crippen molar-refractivity contribution in [1.29, 1.82) is 5.26 Å². The normalized spacial score (nSPS) is 12.2. The molecule has 0 aliphatic rings. The van der Waals surface area contributed by atoms with Gasteiger partial charge in [0.05, 0.1) is 18.7 Å². The van der Waals surface area contributed by atoms with E-state index < -0.39 is 12.1 Å². The summed E-state index contributed by atoms with van der Waals surface area (Å²) < 4.78 is 5.16. The van der Waals surface area contributed by atoms with Gasteiger partial charge in [-0.3, -0.25) is 10.1 Å². The summed E-state index contributed by atoms with van der Waals surface area (Å²) in [4.78, 5) is 25.5. The highest BCUT2D eigenvalue weighted by molar-refractivity contribution is 7.18. The number of nitrogens with one attached hydrogen (secondary N) is 3. The van der Waals surface area contributed by atoms with E-state index in [2.05, 4.69) is 26.1 Å². The summed E-state index contributed by atoms with van der Waals surface area (Å²) in [5, 5.41) is 26.3. The van der Waals surface area contributed by atoms with Gasteiger partial charge in [-0.2, -0.15) is 5.26 Å². The molecule has 0 radical (unpaired) electrons. The number of aromatic nitrogens is 2. The second kappa shape index (κ2) is 11.1. The number of urea groups is 1. The topological polar surface area (TPSA) is 129 Å². The van der Waals surface area contributed by atoms with E-state index in [1.807, 2.05) is 44.2 Å². The Balaban J connectivity index is 1.67. The molecule has 2 aromatic carbocycles. The average molecular weight is 465 g/mol. The van der Waals surface area contributed by atoms with Gasteiger partial charge in [-0.15, -0.1) is 10.2 Å². The van der Waals surface area contributed by atoms with Crippen LogP contribution in [0.4, 0.5) is 15.6 Å². The maximum Gasteiger partial charge on any atom is 0.319 e. The molecule has 10 heteroatoms. The third-order valence-corrected chi connectivity index (χ3v) is 5.91. The summed E-state index contributed by atoms with van der Waals surface area (Å²) in [5.41, 5.74) is 1.74. The lowest BCUT2D eigenvalue weighted by atomic mass is 9.98. The fourth-order valence-corrected chi connectivity index (χ4v) is 3.74. The highest BCUT2D eigenvalue weighted by Gasteiger charge is 2.27. The second-order valence-corrected chi connectivity index (χ2v) is 8.26. The third-order valence-electron chi connectivity index (χ3n) is 5.02. The molecule has 3 rings (SSSR count). The minimum atomic E-state index is -0.789. The van der Waals surface area contributed by atoms with Gasteiger partial charge in [-0.1, -0.05) is 37.7 Å². The molecule has 1 aromatic heterocycles. The van der Waals surface area contributed by atoms with Crippen molar-refractivity contribution < 1.29 is 14.3 Å². The number of amides is 3. The number of rotatable bonds is 8. The largest absolute Gasteiger partial charge is 0.497 e. The Morgan fingerprint density at radius 3 is 2.58 bits per heavy atom. The first kappa shape index (κ1) is 23.7. The van der Waals surface area contributed by atoms with E-state index in [-0.39, 0.29) is 11.8 Å². The van der Waals surface area contributed by atoms with E-state index in [9.17, 15) is 9.59 Å². The zero-order valence-electron chi connectivity index (χ0n) is 18.5. The molecule has 0 saturated carbocycles. The minimum Gasteiger partial charge on any atom is -0.497 e. The molecule has 0 spiro atoms. The van der Waals surface area contributed by atoms with E-state index in [0.717, 1.165) is 11.3 Å². The highest BCUT2D eigenvalue weighted by Crippen LogP contribution is 2.28. The smallest absolute Gasteiger partial charge is 0.319 e. The van der Waals surface area contributed by atoms with Crippen LogP contribution >= 0.6 is 11.3 Å². The highest BCUT2D eigenvalue weighted by atomic mass is 32.1. The Kier molecular flexibility index (Phi) is 7.94. The zero-order valence-corrected chi connectivity index (χ0v) is 19.3. The van der Waals surface area contributed by atoms with Crippen LogP contribution in [0.25, 0.3) is 10.6 Å². The SMILES string of the molecule is CC[C@H](C)[C@H](NC(=O)Nc1cccc(C#N)c1)C(=O)Nc1nnc(-c2ccc(OC)cc2)s1. The number of carbonyl (C=O) groups is 2. The van der Waals surface area contributed by atoms with E-state index >= 15 is 0 Å². The minimum absolute atomic E-state index is 0.129. The molecule has 3 amide bonds. The monoisotopic (exact) mass is 464 g/mol. The first-order valence-electron chi connectivity index (χ1n) is 10.3. The van der Waals surface area contributed by atoms with E-state index in [4.69, 9.17) is 10.00 Å². The molecule has 1 heterocycles. The van der Waals surface area contributed by atoms with Crippen LogP contribution in [-0.2, 0) is 4.79 Å². The number of methoxy groups -OCH3 is 1. The third kappa shape index (κ3) is 6.27. The number of hydrogen-bond donors (Lipinski definition) is 3. The lowest BCUT2D eigenvalue weighted by Crippen LogP contribution is -2.49. The lowest BCUT2D eigenvalue weighted by Gasteiger charge is -2.23.